The molecule has 5 rings (SSSR count). The Morgan fingerprint density at radius 1 is 0.719 bits per heavy atom. The van der Waals surface area contributed by atoms with Gasteiger partial charge in [0.25, 0.3) is 0 Å². The first-order valence-electron chi connectivity index (χ1n) is 9.47. The maximum absolute atomic E-state index is 15.1. The maximum atomic E-state index is 15.1. The standard InChI is InChI=1S/C23H14F6OS2/c1-11-16(12-7-3-5-9-14(12)31-11)19-17(13-8-4-6-10-15(13)32-19)18-20(30-2)22(26,27)23(28,29)21(18,24)25/h3-10H,1-2H3. The molecule has 0 spiro atoms. The molecule has 1 nitrogen and oxygen atoms in total. The number of hydrogen-bond acceptors (Lipinski definition) is 3. The minimum atomic E-state index is -5.63. The molecule has 0 atom stereocenters. The SMILES string of the molecule is COC1=C(c2c(-c3c(C)sc4ccccc34)sc3ccccc23)C(F)(F)C(F)(F)C1(F)F. The number of aryl methyl sites for hydroxylation is 1. The molecule has 2 aromatic carbocycles. The molecule has 0 saturated heterocycles. The number of allylic oxidation sites excluding steroid dienone is 2. The molecule has 32 heavy (non-hydrogen) atoms. The van der Waals surface area contributed by atoms with Crippen LogP contribution in [0, 0.1) is 6.92 Å². The molecular weight excluding hydrogens is 470 g/mol. The second-order valence-electron chi connectivity index (χ2n) is 7.46. The molecule has 0 aliphatic heterocycles. The number of benzene rings is 2. The van der Waals surface area contributed by atoms with Crippen molar-refractivity contribution in [2.45, 2.75) is 24.7 Å². The highest BCUT2D eigenvalue weighted by Crippen LogP contribution is 2.64. The first-order chi connectivity index (χ1) is 15.0. The summed E-state index contributed by atoms with van der Waals surface area (Å²) in [7, 11) is 0.709. The molecule has 0 radical (unpaired) electrons. The summed E-state index contributed by atoms with van der Waals surface area (Å²) in [4.78, 5) is 0.997. The molecule has 0 bridgehead atoms. The fourth-order valence-electron chi connectivity index (χ4n) is 4.22. The Kier molecular flexibility index (Phi) is 4.49. The van der Waals surface area contributed by atoms with Gasteiger partial charge in [-0.15, -0.1) is 22.7 Å². The summed E-state index contributed by atoms with van der Waals surface area (Å²) < 4.78 is 93.9. The van der Waals surface area contributed by atoms with Gasteiger partial charge in [-0.1, -0.05) is 36.4 Å². The van der Waals surface area contributed by atoms with Crippen LogP contribution in [0.1, 0.15) is 10.4 Å². The van der Waals surface area contributed by atoms with Gasteiger partial charge >= 0.3 is 17.8 Å². The van der Waals surface area contributed by atoms with E-state index < -0.39 is 29.1 Å². The average molecular weight is 484 g/mol. The first kappa shape index (κ1) is 21.3. The number of ether oxygens (including phenoxy) is 1. The van der Waals surface area contributed by atoms with E-state index in [1.807, 2.05) is 12.1 Å². The number of methoxy groups -OCH3 is 1. The zero-order valence-corrected chi connectivity index (χ0v) is 18.2. The molecule has 0 saturated carbocycles. The van der Waals surface area contributed by atoms with Crippen LogP contribution >= 0.6 is 22.7 Å². The van der Waals surface area contributed by atoms with E-state index >= 15 is 8.78 Å². The molecule has 166 valence electrons. The van der Waals surface area contributed by atoms with E-state index in [1.165, 1.54) is 17.4 Å². The van der Waals surface area contributed by atoms with Gasteiger partial charge in [0.2, 0.25) is 0 Å². The van der Waals surface area contributed by atoms with Crippen molar-refractivity contribution in [1.29, 1.82) is 0 Å². The Bertz CT molecular complexity index is 1410. The lowest BCUT2D eigenvalue weighted by atomic mass is 9.94. The van der Waals surface area contributed by atoms with Crippen molar-refractivity contribution in [2.75, 3.05) is 7.11 Å². The topological polar surface area (TPSA) is 9.23 Å². The van der Waals surface area contributed by atoms with Gasteiger partial charge in [-0.3, -0.25) is 0 Å². The first-order valence-corrected chi connectivity index (χ1v) is 11.1. The zero-order chi connectivity index (χ0) is 23.1. The van der Waals surface area contributed by atoms with Crippen LogP contribution in [0.5, 0.6) is 0 Å². The zero-order valence-electron chi connectivity index (χ0n) is 16.6. The number of alkyl halides is 6. The summed E-state index contributed by atoms with van der Waals surface area (Å²) in [5.41, 5.74) is -1.23. The van der Waals surface area contributed by atoms with Crippen LogP contribution in [0.15, 0.2) is 54.3 Å². The highest BCUT2D eigenvalue weighted by atomic mass is 32.1. The van der Waals surface area contributed by atoms with Gasteiger partial charge in [-0.25, -0.2) is 0 Å². The molecule has 0 unspecified atom stereocenters. The second kappa shape index (κ2) is 6.74. The third-order valence-corrected chi connectivity index (χ3v) is 7.94. The van der Waals surface area contributed by atoms with Crippen molar-refractivity contribution >= 4 is 48.4 Å². The highest BCUT2D eigenvalue weighted by Gasteiger charge is 2.81. The lowest BCUT2D eigenvalue weighted by Gasteiger charge is -2.25. The quantitative estimate of drug-likeness (QED) is 0.266. The Hall–Kier alpha value is -2.52. The molecular formula is C23H14F6OS2. The van der Waals surface area contributed by atoms with E-state index in [4.69, 9.17) is 0 Å². The Morgan fingerprint density at radius 2 is 1.25 bits per heavy atom. The fraction of sp³-hybridized carbons (Fsp3) is 0.217. The van der Waals surface area contributed by atoms with Crippen LogP contribution in [-0.4, -0.2) is 24.9 Å². The summed E-state index contributed by atoms with van der Waals surface area (Å²) in [6, 6.07) is 13.6. The Morgan fingerprint density at radius 3 is 1.84 bits per heavy atom. The molecule has 0 fully saturated rings. The highest BCUT2D eigenvalue weighted by molar-refractivity contribution is 7.24. The molecule has 0 N–H and O–H groups in total. The molecule has 0 amide bonds. The predicted octanol–water partition coefficient (Wildman–Crippen LogP) is 8.37. The van der Waals surface area contributed by atoms with Crippen LogP contribution in [0.25, 0.3) is 36.2 Å². The molecule has 4 aromatic rings. The van der Waals surface area contributed by atoms with Crippen LogP contribution < -0.4 is 0 Å². The summed E-state index contributed by atoms with van der Waals surface area (Å²) in [5.74, 6) is -17.6. The molecule has 2 heterocycles. The molecule has 9 heteroatoms. The predicted molar refractivity (Wildman–Crippen MR) is 116 cm³/mol. The van der Waals surface area contributed by atoms with E-state index in [1.54, 1.807) is 37.3 Å². The van der Waals surface area contributed by atoms with Crippen molar-refractivity contribution in [2.24, 2.45) is 0 Å². The third-order valence-electron chi connectivity index (χ3n) is 5.66. The van der Waals surface area contributed by atoms with E-state index in [0.29, 0.717) is 17.4 Å². The lowest BCUT2D eigenvalue weighted by Crippen LogP contribution is -2.49. The van der Waals surface area contributed by atoms with Gasteiger partial charge in [0.15, 0.2) is 5.76 Å². The number of hydrogen-bond donors (Lipinski definition) is 0. The number of rotatable bonds is 3. The normalized spacial score (nSPS) is 19.2. The van der Waals surface area contributed by atoms with Gasteiger partial charge < -0.3 is 4.74 Å². The van der Waals surface area contributed by atoms with E-state index in [0.717, 1.165) is 26.3 Å². The van der Waals surface area contributed by atoms with Crippen molar-refractivity contribution in [3.05, 3.63) is 64.7 Å². The number of halogens is 6. The fourth-order valence-corrected chi connectivity index (χ4v) is 6.68. The third kappa shape index (κ3) is 2.52. The number of thiophene rings is 2. The lowest BCUT2D eigenvalue weighted by molar-refractivity contribution is -0.266. The van der Waals surface area contributed by atoms with Crippen molar-refractivity contribution in [3.63, 3.8) is 0 Å². The summed E-state index contributed by atoms with van der Waals surface area (Å²) in [6.45, 7) is 1.79. The Balaban J connectivity index is 1.96. The van der Waals surface area contributed by atoms with Crippen LogP contribution in [0.2, 0.25) is 0 Å². The summed E-state index contributed by atoms with van der Waals surface area (Å²) in [6.07, 6.45) is 0. The van der Waals surface area contributed by atoms with E-state index in [2.05, 4.69) is 4.74 Å². The average Bonchev–Trinajstić information content (AvgIpc) is 3.29. The second-order valence-corrected chi connectivity index (χ2v) is 9.77. The summed E-state index contributed by atoms with van der Waals surface area (Å²) in [5, 5.41) is 0.933. The molecule has 1 aliphatic rings. The van der Waals surface area contributed by atoms with Crippen LogP contribution in [-0.2, 0) is 4.74 Å². The monoisotopic (exact) mass is 484 g/mol. The Labute approximate surface area is 186 Å². The van der Waals surface area contributed by atoms with Crippen molar-refractivity contribution in [3.8, 4) is 10.4 Å². The van der Waals surface area contributed by atoms with E-state index in [-0.39, 0.29) is 15.8 Å². The van der Waals surface area contributed by atoms with Gasteiger partial charge in [0.05, 0.1) is 12.7 Å². The maximum Gasteiger partial charge on any atom is 0.384 e. The van der Waals surface area contributed by atoms with E-state index in [9.17, 15) is 17.6 Å². The van der Waals surface area contributed by atoms with Gasteiger partial charge in [-0.05, 0) is 19.1 Å². The number of fused-ring (bicyclic) bond motifs is 2. The summed E-state index contributed by atoms with van der Waals surface area (Å²) >= 11 is 2.52. The van der Waals surface area contributed by atoms with Gasteiger partial charge in [0, 0.05) is 41.1 Å². The smallest absolute Gasteiger partial charge is 0.384 e. The molecule has 2 aromatic heterocycles. The molecule has 1 aliphatic carbocycles. The largest absolute Gasteiger partial charge is 0.494 e. The van der Waals surface area contributed by atoms with Crippen LogP contribution in [0.4, 0.5) is 26.3 Å². The van der Waals surface area contributed by atoms with Gasteiger partial charge in [-0.2, -0.15) is 26.3 Å². The minimum absolute atomic E-state index is 0.194. The minimum Gasteiger partial charge on any atom is -0.494 e. The van der Waals surface area contributed by atoms with Crippen molar-refractivity contribution in [1.82, 2.24) is 0 Å². The van der Waals surface area contributed by atoms with Gasteiger partial charge in [0.1, 0.15) is 0 Å². The van der Waals surface area contributed by atoms with Crippen LogP contribution in [0.3, 0.4) is 0 Å². The van der Waals surface area contributed by atoms with Crippen molar-refractivity contribution < 1.29 is 31.1 Å².